The molecule has 0 saturated carbocycles. The highest BCUT2D eigenvalue weighted by Crippen LogP contribution is 2.29. The van der Waals surface area contributed by atoms with Gasteiger partial charge < -0.3 is 15.0 Å². The summed E-state index contributed by atoms with van der Waals surface area (Å²) in [4.78, 5) is 11.4. The van der Waals surface area contributed by atoms with Gasteiger partial charge in [-0.3, -0.25) is 5.10 Å². The maximum atomic E-state index is 5.60. The molecule has 0 bridgehead atoms. The van der Waals surface area contributed by atoms with Crippen molar-refractivity contribution in [3.8, 4) is 0 Å². The van der Waals surface area contributed by atoms with Crippen LogP contribution < -0.4 is 10.2 Å². The van der Waals surface area contributed by atoms with Gasteiger partial charge in [-0.25, -0.2) is 0 Å². The molecule has 7 nitrogen and oxygen atoms in total. The SMILES string of the molecule is CCNc1nc(N2CCC(C)C(OC)C2)c2cn[nH]c2n1. The van der Waals surface area contributed by atoms with E-state index >= 15 is 0 Å². The Kier molecular flexibility index (Phi) is 3.92. The van der Waals surface area contributed by atoms with Crippen LogP contribution >= 0.6 is 0 Å². The lowest BCUT2D eigenvalue weighted by Crippen LogP contribution is -2.44. The largest absolute Gasteiger partial charge is 0.379 e. The summed E-state index contributed by atoms with van der Waals surface area (Å²) in [5.74, 6) is 2.14. The number of piperidine rings is 1. The molecule has 114 valence electrons. The van der Waals surface area contributed by atoms with Crippen molar-refractivity contribution in [2.24, 2.45) is 5.92 Å². The van der Waals surface area contributed by atoms with Crippen LogP contribution in [0.3, 0.4) is 0 Å². The van der Waals surface area contributed by atoms with Gasteiger partial charge in [-0.2, -0.15) is 15.1 Å². The fourth-order valence-electron chi connectivity index (χ4n) is 2.83. The van der Waals surface area contributed by atoms with E-state index in [-0.39, 0.29) is 6.10 Å². The first kappa shape index (κ1) is 14.1. The molecule has 3 heterocycles. The van der Waals surface area contributed by atoms with E-state index in [2.05, 4.69) is 37.3 Å². The Morgan fingerprint density at radius 3 is 3.10 bits per heavy atom. The van der Waals surface area contributed by atoms with E-state index in [4.69, 9.17) is 4.74 Å². The molecule has 2 aromatic rings. The third kappa shape index (κ3) is 2.65. The maximum Gasteiger partial charge on any atom is 0.226 e. The number of methoxy groups -OCH3 is 1. The van der Waals surface area contributed by atoms with E-state index in [9.17, 15) is 0 Å². The predicted octanol–water partition coefficient (Wildman–Crippen LogP) is 1.65. The van der Waals surface area contributed by atoms with Crippen LogP contribution in [0.25, 0.3) is 11.0 Å². The van der Waals surface area contributed by atoms with Crippen LogP contribution in [0.1, 0.15) is 20.3 Å². The zero-order valence-corrected chi connectivity index (χ0v) is 12.8. The molecular weight excluding hydrogens is 268 g/mol. The van der Waals surface area contributed by atoms with Crippen LogP contribution in [-0.4, -0.2) is 53.0 Å². The van der Waals surface area contributed by atoms with Crippen LogP contribution in [0.15, 0.2) is 6.20 Å². The third-order valence-electron chi connectivity index (χ3n) is 4.12. The number of anilines is 2. The standard InChI is InChI=1S/C14H22N6O/c1-4-15-14-17-12-10(7-16-19-12)13(18-14)20-6-5-9(2)11(8-20)21-3/h7,9,11H,4-6,8H2,1-3H3,(H2,15,16,17,18,19). The molecule has 1 aliphatic rings. The van der Waals surface area contributed by atoms with Crippen molar-refractivity contribution in [2.45, 2.75) is 26.4 Å². The molecule has 0 aromatic carbocycles. The van der Waals surface area contributed by atoms with Crippen LogP contribution in [0.4, 0.5) is 11.8 Å². The molecule has 1 aliphatic heterocycles. The summed E-state index contributed by atoms with van der Waals surface area (Å²) in [5, 5.41) is 11.2. The number of ether oxygens (including phenoxy) is 1. The number of aromatic amines is 1. The van der Waals surface area contributed by atoms with Gasteiger partial charge in [0.05, 0.1) is 17.7 Å². The van der Waals surface area contributed by atoms with Gasteiger partial charge in [0.25, 0.3) is 0 Å². The van der Waals surface area contributed by atoms with Crippen molar-refractivity contribution in [3.63, 3.8) is 0 Å². The molecule has 2 unspecified atom stereocenters. The van der Waals surface area contributed by atoms with E-state index in [0.29, 0.717) is 11.9 Å². The highest BCUT2D eigenvalue weighted by Gasteiger charge is 2.28. The van der Waals surface area contributed by atoms with Gasteiger partial charge in [0.15, 0.2) is 5.65 Å². The lowest BCUT2D eigenvalue weighted by atomic mass is 9.96. The second-order valence-corrected chi connectivity index (χ2v) is 5.52. The maximum absolute atomic E-state index is 5.60. The Bertz CT molecular complexity index is 613. The molecule has 0 aliphatic carbocycles. The van der Waals surface area contributed by atoms with Crippen molar-refractivity contribution in [2.75, 3.05) is 37.0 Å². The van der Waals surface area contributed by atoms with Gasteiger partial charge in [-0.05, 0) is 19.3 Å². The summed E-state index contributed by atoms with van der Waals surface area (Å²) < 4.78 is 5.60. The first-order valence-electron chi connectivity index (χ1n) is 7.45. The summed E-state index contributed by atoms with van der Waals surface area (Å²) in [6.45, 7) is 6.88. The number of nitrogens with one attached hydrogen (secondary N) is 2. The molecule has 2 N–H and O–H groups in total. The fraction of sp³-hybridized carbons (Fsp3) is 0.643. The summed E-state index contributed by atoms with van der Waals surface area (Å²) in [7, 11) is 1.78. The molecular formula is C14H22N6O. The highest BCUT2D eigenvalue weighted by molar-refractivity contribution is 5.87. The minimum absolute atomic E-state index is 0.234. The van der Waals surface area contributed by atoms with Crippen molar-refractivity contribution in [3.05, 3.63) is 6.20 Å². The molecule has 21 heavy (non-hydrogen) atoms. The topological polar surface area (TPSA) is 79.0 Å². The average molecular weight is 290 g/mol. The van der Waals surface area contributed by atoms with E-state index in [1.54, 1.807) is 13.3 Å². The second kappa shape index (κ2) is 5.85. The van der Waals surface area contributed by atoms with Gasteiger partial charge in [0.2, 0.25) is 5.95 Å². The van der Waals surface area contributed by atoms with Crippen LogP contribution in [-0.2, 0) is 4.74 Å². The van der Waals surface area contributed by atoms with Gasteiger partial charge in [-0.1, -0.05) is 6.92 Å². The molecule has 7 heteroatoms. The lowest BCUT2D eigenvalue weighted by Gasteiger charge is -2.37. The number of hydrogen-bond acceptors (Lipinski definition) is 6. The predicted molar refractivity (Wildman–Crippen MR) is 82.6 cm³/mol. The Balaban J connectivity index is 1.96. The van der Waals surface area contributed by atoms with Crippen molar-refractivity contribution < 1.29 is 4.74 Å². The van der Waals surface area contributed by atoms with E-state index in [1.807, 2.05) is 6.92 Å². The minimum Gasteiger partial charge on any atom is -0.379 e. The van der Waals surface area contributed by atoms with Gasteiger partial charge >= 0.3 is 0 Å². The van der Waals surface area contributed by atoms with Crippen molar-refractivity contribution in [1.82, 2.24) is 20.2 Å². The molecule has 0 spiro atoms. The molecule has 2 atom stereocenters. The number of H-pyrrole nitrogens is 1. The molecule has 2 aromatic heterocycles. The van der Waals surface area contributed by atoms with Crippen LogP contribution in [0.5, 0.6) is 0 Å². The Hall–Kier alpha value is -1.89. The summed E-state index contributed by atoms with van der Waals surface area (Å²) >= 11 is 0. The van der Waals surface area contributed by atoms with Gasteiger partial charge in [0.1, 0.15) is 5.82 Å². The number of rotatable bonds is 4. The smallest absolute Gasteiger partial charge is 0.226 e. The second-order valence-electron chi connectivity index (χ2n) is 5.52. The Morgan fingerprint density at radius 2 is 2.33 bits per heavy atom. The Labute approximate surface area is 124 Å². The molecule has 0 radical (unpaired) electrons. The van der Waals surface area contributed by atoms with Crippen molar-refractivity contribution >= 4 is 22.8 Å². The van der Waals surface area contributed by atoms with E-state index < -0.39 is 0 Å². The van der Waals surface area contributed by atoms with E-state index in [0.717, 1.165) is 42.9 Å². The third-order valence-corrected chi connectivity index (χ3v) is 4.12. The van der Waals surface area contributed by atoms with Crippen molar-refractivity contribution in [1.29, 1.82) is 0 Å². The zero-order chi connectivity index (χ0) is 14.8. The lowest BCUT2D eigenvalue weighted by molar-refractivity contribution is 0.0497. The molecule has 1 saturated heterocycles. The van der Waals surface area contributed by atoms with E-state index in [1.165, 1.54) is 0 Å². The minimum atomic E-state index is 0.234. The monoisotopic (exact) mass is 290 g/mol. The van der Waals surface area contributed by atoms with Crippen LogP contribution in [0.2, 0.25) is 0 Å². The number of aromatic nitrogens is 4. The zero-order valence-electron chi connectivity index (χ0n) is 12.8. The molecule has 3 rings (SSSR count). The first-order valence-corrected chi connectivity index (χ1v) is 7.45. The number of nitrogens with zero attached hydrogens (tertiary/aromatic N) is 4. The summed E-state index contributed by atoms with van der Waals surface area (Å²) in [5.41, 5.74) is 0.767. The number of hydrogen-bond donors (Lipinski definition) is 2. The quantitative estimate of drug-likeness (QED) is 0.891. The number of fused-ring (bicyclic) bond motifs is 1. The van der Waals surface area contributed by atoms with Gasteiger partial charge in [-0.15, -0.1) is 0 Å². The Morgan fingerprint density at radius 1 is 1.48 bits per heavy atom. The fourth-order valence-corrected chi connectivity index (χ4v) is 2.83. The summed E-state index contributed by atoms with van der Waals surface area (Å²) in [6.07, 6.45) is 3.12. The highest BCUT2D eigenvalue weighted by atomic mass is 16.5. The molecule has 1 fully saturated rings. The first-order chi connectivity index (χ1) is 10.2. The van der Waals surface area contributed by atoms with Gasteiger partial charge in [0, 0.05) is 26.7 Å². The van der Waals surface area contributed by atoms with Crippen LogP contribution in [0, 0.1) is 5.92 Å². The summed E-state index contributed by atoms with van der Waals surface area (Å²) in [6, 6.07) is 0. The normalized spacial score (nSPS) is 22.7. The average Bonchev–Trinajstić information content (AvgIpc) is 2.96. The molecule has 0 amide bonds.